The molecule has 0 aliphatic heterocycles. The molecule has 0 radical (unpaired) electrons. The number of aryl methyl sites for hydroxylation is 4. The fourth-order valence-electron chi connectivity index (χ4n) is 2.02. The Morgan fingerprint density at radius 2 is 1.12 bits per heavy atom. The second-order valence-electron chi connectivity index (χ2n) is 4.48. The van der Waals surface area contributed by atoms with E-state index in [4.69, 9.17) is 0 Å². The van der Waals surface area contributed by atoms with E-state index in [-0.39, 0.29) is 0 Å². The number of hydrogen-bond donors (Lipinski definition) is 0. The van der Waals surface area contributed by atoms with E-state index in [1.807, 2.05) is 0 Å². The zero-order chi connectivity index (χ0) is 11.4. The zero-order valence-electron chi connectivity index (χ0n) is 10.0. The van der Waals surface area contributed by atoms with Crippen molar-refractivity contribution >= 4 is 0 Å². The molecule has 0 aliphatic carbocycles. The molecule has 0 saturated carbocycles. The van der Waals surface area contributed by atoms with Crippen LogP contribution in [0.15, 0.2) is 48.5 Å². The molecule has 2 aromatic carbocycles. The summed E-state index contributed by atoms with van der Waals surface area (Å²) in [5.41, 5.74) is 5.56. The van der Waals surface area contributed by atoms with Gasteiger partial charge in [-0.3, -0.25) is 0 Å². The van der Waals surface area contributed by atoms with Crippen LogP contribution in [-0.4, -0.2) is 0 Å². The minimum absolute atomic E-state index is 1.13. The molecule has 82 valence electrons. The van der Waals surface area contributed by atoms with Gasteiger partial charge >= 0.3 is 0 Å². The largest absolute Gasteiger partial charge is 0.0617 e. The lowest BCUT2D eigenvalue weighted by molar-refractivity contribution is 0.956. The normalized spacial score (nSPS) is 10.4. The molecular formula is C16H18. The summed E-state index contributed by atoms with van der Waals surface area (Å²) in [5, 5.41) is 0. The average Bonchev–Trinajstić information content (AvgIpc) is 2.27. The van der Waals surface area contributed by atoms with Crippen molar-refractivity contribution in [2.24, 2.45) is 0 Å². The van der Waals surface area contributed by atoms with E-state index in [2.05, 4.69) is 62.4 Å². The molecule has 0 bridgehead atoms. The third kappa shape index (κ3) is 2.96. The zero-order valence-corrected chi connectivity index (χ0v) is 10.0. The Labute approximate surface area is 97.9 Å². The third-order valence-electron chi connectivity index (χ3n) is 2.87. The van der Waals surface area contributed by atoms with Crippen molar-refractivity contribution in [3.05, 3.63) is 70.8 Å². The highest BCUT2D eigenvalue weighted by molar-refractivity contribution is 5.26. The molecule has 0 aliphatic rings. The van der Waals surface area contributed by atoms with Crippen LogP contribution >= 0.6 is 0 Å². The monoisotopic (exact) mass is 210 g/mol. The summed E-state index contributed by atoms with van der Waals surface area (Å²) in [7, 11) is 0. The van der Waals surface area contributed by atoms with Gasteiger partial charge in [0.25, 0.3) is 0 Å². The first-order chi connectivity index (χ1) is 7.74. The lowest BCUT2D eigenvalue weighted by Gasteiger charge is -2.04. The maximum atomic E-state index is 2.27. The number of rotatable bonds is 3. The molecular weight excluding hydrogens is 192 g/mol. The molecule has 0 fully saturated rings. The van der Waals surface area contributed by atoms with Gasteiger partial charge in [0.15, 0.2) is 0 Å². The maximum absolute atomic E-state index is 2.27. The van der Waals surface area contributed by atoms with Crippen LogP contribution in [0.2, 0.25) is 0 Å². The van der Waals surface area contributed by atoms with Crippen LogP contribution in [-0.2, 0) is 12.8 Å². The fraction of sp³-hybridized carbons (Fsp3) is 0.250. The van der Waals surface area contributed by atoms with Gasteiger partial charge in [0.2, 0.25) is 0 Å². The lowest BCUT2D eigenvalue weighted by Crippen LogP contribution is -1.92. The average molecular weight is 210 g/mol. The molecule has 0 saturated heterocycles. The number of benzene rings is 2. The Morgan fingerprint density at radius 3 is 1.50 bits per heavy atom. The van der Waals surface area contributed by atoms with Crippen LogP contribution in [0.25, 0.3) is 0 Å². The second-order valence-corrected chi connectivity index (χ2v) is 4.48. The van der Waals surface area contributed by atoms with Gasteiger partial charge < -0.3 is 0 Å². The topological polar surface area (TPSA) is 0 Å². The molecule has 0 spiro atoms. The smallest absolute Gasteiger partial charge is 0.0238 e. The molecule has 0 N–H and O–H groups in total. The third-order valence-corrected chi connectivity index (χ3v) is 2.87. The van der Waals surface area contributed by atoms with Crippen LogP contribution in [0, 0.1) is 13.8 Å². The Kier molecular flexibility index (Phi) is 3.40. The van der Waals surface area contributed by atoms with Gasteiger partial charge in [-0.05, 0) is 37.8 Å². The molecule has 0 aromatic heterocycles. The van der Waals surface area contributed by atoms with Gasteiger partial charge in [-0.25, -0.2) is 0 Å². The number of hydrogen-bond acceptors (Lipinski definition) is 0. The molecule has 0 atom stereocenters. The summed E-state index contributed by atoms with van der Waals surface area (Å²) >= 11 is 0. The Bertz CT molecular complexity index is 423. The Hall–Kier alpha value is -1.56. The minimum Gasteiger partial charge on any atom is -0.0617 e. The summed E-state index contributed by atoms with van der Waals surface area (Å²) < 4.78 is 0. The highest BCUT2D eigenvalue weighted by Crippen LogP contribution is 2.10. The molecule has 16 heavy (non-hydrogen) atoms. The van der Waals surface area contributed by atoms with Crippen LogP contribution in [0.3, 0.4) is 0 Å². The van der Waals surface area contributed by atoms with Crippen molar-refractivity contribution in [1.82, 2.24) is 0 Å². The molecule has 0 amide bonds. The second kappa shape index (κ2) is 4.98. The standard InChI is InChI=1S/C16H18/c1-13-5-3-7-15(11-13)9-10-16-8-4-6-14(2)12-16/h3-8,11-12H,9-10H2,1-2H3. The van der Waals surface area contributed by atoms with Crippen molar-refractivity contribution in [2.75, 3.05) is 0 Å². The van der Waals surface area contributed by atoms with Crippen LogP contribution < -0.4 is 0 Å². The minimum atomic E-state index is 1.13. The maximum Gasteiger partial charge on any atom is -0.0238 e. The summed E-state index contributed by atoms with van der Waals surface area (Å²) in [6.07, 6.45) is 2.26. The van der Waals surface area contributed by atoms with E-state index in [1.54, 1.807) is 0 Å². The van der Waals surface area contributed by atoms with E-state index in [0.29, 0.717) is 0 Å². The summed E-state index contributed by atoms with van der Waals surface area (Å²) in [5.74, 6) is 0. The molecule has 0 unspecified atom stereocenters. The SMILES string of the molecule is Cc1cccc(CCc2cccc(C)c2)c1. The Balaban J connectivity index is 2.02. The van der Waals surface area contributed by atoms with Crippen molar-refractivity contribution in [3.63, 3.8) is 0 Å². The molecule has 0 heterocycles. The van der Waals surface area contributed by atoms with Crippen molar-refractivity contribution < 1.29 is 0 Å². The fourth-order valence-corrected chi connectivity index (χ4v) is 2.02. The van der Waals surface area contributed by atoms with Gasteiger partial charge in [-0.1, -0.05) is 59.7 Å². The summed E-state index contributed by atoms with van der Waals surface area (Å²) in [6.45, 7) is 4.30. The van der Waals surface area contributed by atoms with E-state index < -0.39 is 0 Å². The summed E-state index contributed by atoms with van der Waals surface area (Å²) in [6, 6.07) is 17.5. The first-order valence-corrected chi connectivity index (χ1v) is 5.85. The van der Waals surface area contributed by atoms with Gasteiger partial charge in [0.05, 0.1) is 0 Å². The van der Waals surface area contributed by atoms with Gasteiger partial charge in [0, 0.05) is 0 Å². The van der Waals surface area contributed by atoms with Gasteiger partial charge in [-0.2, -0.15) is 0 Å². The quantitative estimate of drug-likeness (QED) is 0.715. The lowest BCUT2D eigenvalue weighted by atomic mass is 10.0. The Morgan fingerprint density at radius 1 is 0.688 bits per heavy atom. The van der Waals surface area contributed by atoms with Crippen LogP contribution in [0.1, 0.15) is 22.3 Å². The molecule has 2 rings (SSSR count). The first kappa shape index (κ1) is 10.9. The molecule has 0 heteroatoms. The van der Waals surface area contributed by atoms with Crippen LogP contribution in [0.4, 0.5) is 0 Å². The van der Waals surface area contributed by atoms with Crippen molar-refractivity contribution in [3.8, 4) is 0 Å². The highest BCUT2D eigenvalue weighted by Gasteiger charge is 1.96. The molecule has 2 aromatic rings. The van der Waals surface area contributed by atoms with E-state index in [0.717, 1.165) is 12.8 Å². The van der Waals surface area contributed by atoms with E-state index in [9.17, 15) is 0 Å². The van der Waals surface area contributed by atoms with Crippen molar-refractivity contribution in [1.29, 1.82) is 0 Å². The van der Waals surface area contributed by atoms with Crippen LogP contribution in [0.5, 0.6) is 0 Å². The van der Waals surface area contributed by atoms with E-state index in [1.165, 1.54) is 22.3 Å². The first-order valence-electron chi connectivity index (χ1n) is 5.85. The van der Waals surface area contributed by atoms with Crippen molar-refractivity contribution in [2.45, 2.75) is 26.7 Å². The van der Waals surface area contributed by atoms with Gasteiger partial charge in [-0.15, -0.1) is 0 Å². The summed E-state index contributed by atoms with van der Waals surface area (Å²) in [4.78, 5) is 0. The molecule has 0 nitrogen and oxygen atoms in total. The van der Waals surface area contributed by atoms with E-state index >= 15 is 0 Å². The predicted molar refractivity (Wildman–Crippen MR) is 69.8 cm³/mol. The highest BCUT2D eigenvalue weighted by atomic mass is 14.0. The predicted octanol–water partition coefficient (Wildman–Crippen LogP) is 4.09. The van der Waals surface area contributed by atoms with Gasteiger partial charge in [0.1, 0.15) is 0 Å².